The molecule has 2 aromatic heterocycles. The maximum Gasteiger partial charge on any atom is 0.133 e. The normalized spacial score (nSPS) is 10.8. The van der Waals surface area contributed by atoms with Gasteiger partial charge < -0.3 is 9.88 Å². The number of hydrogen-bond donors (Lipinski definition) is 1. The van der Waals surface area contributed by atoms with E-state index in [1.54, 1.807) is 12.5 Å². The Morgan fingerprint density at radius 1 is 1.38 bits per heavy atom. The van der Waals surface area contributed by atoms with Gasteiger partial charge in [0.1, 0.15) is 12.2 Å². The van der Waals surface area contributed by atoms with Crippen LogP contribution in [-0.4, -0.2) is 37.6 Å². The first-order valence-corrected chi connectivity index (χ1v) is 5.37. The highest BCUT2D eigenvalue weighted by Gasteiger charge is 1.99. The van der Waals surface area contributed by atoms with E-state index >= 15 is 0 Å². The molecule has 0 aliphatic heterocycles. The van der Waals surface area contributed by atoms with Crippen molar-refractivity contribution in [3.8, 4) is 0 Å². The van der Waals surface area contributed by atoms with Gasteiger partial charge in [-0.1, -0.05) is 0 Å². The van der Waals surface area contributed by atoms with Crippen LogP contribution in [0, 0.1) is 0 Å². The lowest BCUT2D eigenvalue weighted by molar-refractivity contribution is 0.551. The van der Waals surface area contributed by atoms with Crippen molar-refractivity contribution in [2.75, 3.05) is 13.1 Å². The molecule has 0 bridgehead atoms. The summed E-state index contributed by atoms with van der Waals surface area (Å²) in [4.78, 5) is 0. The lowest BCUT2D eigenvalue weighted by atomic mass is 10.4. The van der Waals surface area contributed by atoms with Crippen LogP contribution in [0.3, 0.4) is 0 Å². The predicted octanol–water partition coefficient (Wildman–Crippen LogP) is -0.156. The van der Waals surface area contributed by atoms with Crippen molar-refractivity contribution >= 4 is 0 Å². The van der Waals surface area contributed by atoms with E-state index in [0.29, 0.717) is 0 Å². The molecule has 0 atom stereocenters. The van der Waals surface area contributed by atoms with Crippen LogP contribution in [0.2, 0.25) is 0 Å². The first kappa shape index (κ1) is 10.8. The fourth-order valence-corrected chi connectivity index (χ4v) is 1.48. The molecule has 0 saturated heterocycles. The minimum absolute atomic E-state index is 0.895. The molecule has 0 aliphatic rings. The monoisotopic (exact) mass is 220 g/mol. The summed E-state index contributed by atoms with van der Waals surface area (Å²) in [6.07, 6.45) is 6.37. The van der Waals surface area contributed by atoms with Crippen LogP contribution >= 0.6 is 0 Å². The highest BCUT2D eigenvalue weighted by molar-refractivity contribution is 4.84. The van der Waals surface area contributed by atoms with Crippen molar-refractivity contribution in [3.63, 3.8) is 0 Å². The number of aromatic nitrogens is 5. The molecule has 0 spiro atoms. The lowest BCUT2D eigenvalue weighted by Gasteiger charge is -2.04. The van der Waals surface area contributed by atoms with E-state index in [2.05, 4.69) is 20.6 Å². The molecule has 0 radical (unpaired) electrons. The van der Waals surface area contributed by atoms with Crippen LogP contribution < -0.4 is 5.32 Å². The molecule has 1 N–H and O–H groups in total. The fourth-order valence-electron chi connectivity index (χ4n) is 1.48. The summed E-state index contributed by atoms with van der Waals surface area (Å²) in [6, 6.07) is 1.93. The van der Waals surface area contributed by atoms with Crippen molar-refractivity contribution in [1.29, 1.82) is 0 Å². The Hall–Kier alpha value is -1.69. The summed E-state index contributed by atoms with van der Waals surface area (Å²) in [5.74, 6) is 1.01. The third-order valence-corrected chi connectivity index (χ3v) is 2.41. The van der Waals surface area contributed by atoms with Gasteiger partial charge in [0.25, 0.3) is 0 Å². The van der Waals surface area contributed by atoms with Crippen molar-refractivity contribution in [2.24, 2.45) is 7.05 Å². The Morgan fingerprint density at radius 2 is 2.31 bits per heavy atom. The van der Waals surface area contributed by atoms with E-state index in [1.807, 2.05) is 28.6 Å². The Balaban J connectivity index is 1.61. The Morgan fingerprint density at radius 3 is 3.00 bits per heavy atom. The topological polar surface area (TPSA) is 60.6 Å². The minimum atomic E-state index is 0.895. The minimum Gasteiger partial charge on any atom is -0.321 e. The number of aryl methyl sites for hydroxylation is 1. The van der Waals surface area contributed by atoms with Crippen molar-refractivity contribution in [1.82, 2.24) is 29.9 Å². The van der Waals surface area contributed by atoms with Crippen LogP contribution in [0.5, 0.6) is 0 Å². The standard InChI is InChI=1S/C10H16N6/c1-15-9-12-14-10(15)3-5-11-6-8-16-7-2-4-13-16/h2,4,7,9,11H,3,5-6,8H2,1H3. The summed E-state index contributed by atoms with van der Waals surface area (Å²) in [6.45, 7) is 2.72. The molecule has 0 saturated carbocycles. The second kappa shape index (κ2) is 5.41. The third-order valence-electron chi connectivity index (χ3n) is 2.41. The van der Waals surface area contributed by atoms with Crippen molar-refractivity contribution in [2.45, 2.75) is 13.0 Å². The Bertz CT molecular complexity index is 405. The largest absolute Gasteiger partial charge is 0.321 e. The van der Waals surface area contributed by atoms with Gasteiger partial charge in [0, 0.05) is 39.0 Å². The smallest absolute Gasteiger partial charge is 0.133 e. The van der Waals surface area contributed by atoms with Crippen LogP contribution in [0.25, 0.3) is 0 Å². The first-order chi connectivity index (χ1) is 7.86. The molecule has 0 aliphatic carbocycles. The molecular formula is C10H16N6. The molecule has 2 aromatic rings. The van der Waals surface area contributed by atoms with E-state index in [9.17, 15) is 0 Å². The maximum atomic E-state index is 4.13. The predicted molar refractivity (Wildman–Crippen MR) is 59.8 cm³/mol. The molecule has 6 nitrogen and oxygen atoms in total. The zero-order valence-corrected chi connectivity index (χ0v) is 9.37. The van der Waals surface area contributed by atoms with E-state index in [4.69, 9.17) is 0 Å². The number of hydrogen-bond acceptors (Lipinski definition) is 4. The van der Waals surface area contributed by atoms with Crippen LogP contribution in [-0.2, 0) is 20.0 Å². The van der Waals surface area contributed by atoms with Gasteiger partial charge in [-0.15, -0.1) is 10.2 Å². The zero-order chi connectivity index (χ0) is 11.2. The molecule has 16 heavy (non-hydrogen) atoms. The van der Waals surface area contributed by atoms with Gasteiger partial charge in [0.05, 0.1) is 6.54 Å². The molecule has 86 valence electrons. The number of rotatable bonds is 6. The summed E-state index contributed by atoms with van der Waals surface area (Å²) in [7, 11) is 1.96. The number of nitrogens with zero attached hydrogens (tertiary/aromatic N) is 5. The second-order valence-electron chi connectivity index (χ2n) is 3.63. The third kappa shape index (κ3) is 2.90. The van der Waals surface area contributed by atoms with Crippen LogP contribution in [0.1, 0.15) is 5.82 Å². The first-order valence-electron chi connectivity index (χ1n) is 5.37. The Kier molecular flexibility index (Phi) is 3.66. The molecule has 0 aromatic carbocycles. The average molecular weight is 220 g/mol. The Labute approximate surface area is 94.3 Å². The van der Waals surface area contributed by atoms with E-state index < -0.39 is 0 Å². The number of nitrogens with one attached hydrogen (secondary N) is 1. The van der Waals surface area contributed by atoms with Gasteiger partial charge in [-0.3, -0.25) is 4.68 Å². The van der Waals surface area contributed by atoms with E-state index in [-0.39, 0.29) is 0 Å². The van der Waals surface area contributed by atoms with Crippen molar-refractivity contribution in [3.05, 3.63) is 30.6 Å². The molecule has 2 heterocycles. The molecule has 0 amide bonds. The van der Waals surface area contributed by atoms with Crippen LogP contribution in [0.15, 0.2) is 24.8 Å². The molecule has 0 fully saturated rings. The van der Waals surface area contributed by atoms with Gasteiger partial charge in [-0.2, -0.15) is 5.10 Å². The van der Waals surface area contributed by atoms with Gasteiger partial charge in [-0.25, -0.2) is 0 Å². The summed E-state index contributed by atoms with van der Waals surface area (Å²) in [5.41, 5.74) is 0. The van der Waals surface area contributed by atoms with Gasteiger partial charge >= 0.3 is 0 Å². The zero-order valence-electron chi connectivity index (χ0n) is 9.37. The van der Waals surface area contributed by atoms with Gasteiger partial charge in [0.2, 0.25) is 0 Å². The summed E-state index contributed by atoms with van der Waals surface area (Å²) < 4.78 is 3.85. The van der Waals surface area contributed by atoms with Crippen LogP contribution in [0.4, 0.5) is 0 Å². The highest BCUT2D eigenvalue weighted by atomic mass is 15.3. The fraction of sp³-hybridized carbons (Fsp3) is 0.500. The molecular weight excluding hydrogens is 204 g/mol. The second-order valence-corrected chi connectivity index (χ2v) is 3.63. The molecule has 2 rings (SSSR count). The SMILES string of the molecule is Cn1cnnc1CCNCCn1cccn1. The average Bonchev–Trinajstić information content (AvgIpc) is 2.90. The van der Waals surface area contributed by atoms with Gasteiger partial charge in [0.15, 0.2) is 0 Å². The van der Waals surface area contributed by atoms with Gasteiger partial charge in [-0.05, 0) is 6.07 Å². The molecule has 0 unspecified atom stereocenters. The van der Waals surface area contributed by atoms with E-state index in [0.717, 1.165) is 31.9 Å². The lowest BCUT2D eigenvalue weighted by Crippen LogP contribution is -2.23. The summed E-state index contributed by atoms with van der Waals surface area (Å²) in [5, 5.41) is 15.3. The van der Waals surface area contributed by atoms with Crippen molar-refractivity contribution < 1.29 is 0 Å². The molecule has 6 heteroatoms. The van der Waals surface area contributed by atoms with E-state index in [1.165, 1.54) is 0 Å². The summed E-state index contributed by atoms with van der Waals surface area (Å²) >= 11 is 0. The highest BCUT2D eigenvalue weighted by Crippen LogP contribution is 1.91. The maximum absolute atomic E-state index is 4.13. The quantitative estimate of drug-likeness (QED) is 0.687.